The fourth-order valence-corrected chi connectivity index (χ4v) is 1.16. The van der Waals surface area contributed by atoms with Crippen LogP contribution < -0.4 is 0 Å². The van der Waals surface area contributed by atoms with Gasteiger partial charge in [0, 0.05) is 5.33 Å². The summed E-state index contributed by atoms with van der Waals surface area (Å²) in [6.45, 7) is 2.23. The maximum Gasteiger partial charge on any atom is 0.00659 e. The molecule has 0 aliphatic carbocycles. The van der Waals surface area contributed by atoms with Crippen LogP contribution in [0.2, 0.25) is 0 Å². The molecule has 0 N–H and O–H groups in total. The normalized spacial score (nSPS) is 11.8. The average molecular weight is 231 g/mol. The molecule has 0 fully saturated rings. The Morgan fingerprint density at radius 1 is 1.00 bits per heavy atom. The minimum atomic E-state index is 1.07. The summed E-state index contributed by atoms with van der Waals surface area (Å²) in [5.41, 5.74) is 0. The number of halogens is 1. The van der Waals surface area contributed by atoms with Crippen molar-refractivity contribution in [2.45, 2.75) is 39.0 Å². The van der Waals surface area contributed by atoms with Gasteiger partial charge in [0.2, 0.25) is 0 Å². The van der Waals surface area contributed by atoms with Gasteiger partial charge < -0.3 is 0 Å². The van der Waals surface area contributed by atoms with Crippen LogP contribution in [0.15, 0.2) is 24.3 Å². The minimum absolute atomic E-state index is 1.07. The van der Waals surface area contributed by atoms with Crippen LogP contribution in [0.5, 0.6) is 0 Å². The Morgan fingerprint density at radius 2 is 1.67 bits per heavy atom. The number of allylic oxidation sites excluding steroid dienone is 4. The minimum Gasteiger partial charge on any atom is -0.0925 e. The fraction of sp³-hybridized carbons (Fsp3) is 0.636. The largest absolute Gasteiger partial charge is 0.0925 e. The smallest absolute Gasteiger partial charge is 0.00659 e. The zero-order valence-electron chi connectivity index (χ0n) is 7.93. The summed E-state index contributed by atoms with van der Waals surface area (Å²) in [6, 6.07) is 0. The van der Waals surface area contributed by atoms with E-state index in [-0.39, 0.29) is 0 Å². The quantitative estimate of drug-likeness (QED) is 0.344. The molecule has 1 heteroatoms. The Hall–Kier alpha value is -0.0400. The molecule has 0 spiro atoms. The predicted molar refractivity (Wildman–Crippen MR) is 60.8 cm³/mol. The Labute approximate surface area is 84.9 Å². The zero-order valence-corrected chi connectivity index (χ0v) is 9.52. The summed E-state index contributed by atoms with van der Waals surface area (Å²) in [5.74, 6) is 0. The van der Waals surface area contributed by atoms with Crippen molar-refractivity contribution < 1.29 is 0 Å². The number of hydrogen-bond donors (Lipinski definition) is 0. The summed E-state index contributed by atoms with van der Waals surface area (Å²) in [4.78, 5) is 0. The highest BCUT2D eigenvalue weighted by molar-refractivity contribution is 9.09. The zero-order chi connectivity index (χ0) is 9.07. The highest BCUT2D eigenvalue weighted by atomic mass is 79.9. The van der Waals surface area contributed by atoms with Gasteiger partial charge in [-0.15, -0.1) is 0 Å². The Kier molecular flexibility index (Phi) is 10.9. The molecule has 70 valence electrons. The molecule has 0 unspecified atom stereocenters. The summed E-state index contributed by atoms with van der Waals surface area (Å²) in [7, 11) is 0. The molecule has 0 atom stereocenters. The number of alkyl halides is 1. The molecule has 0 saturated heterocycles. The third-order valence-electron chi connectivity index (χ3n) is 1.61. The van der Waals surface area contributed by atoms with Crippen molar-refractivity contribution in [3.8, 4) is 0 Å². The van der Waals surface area contributed by atoms with Crippen molar-refractivity contribution in [2.24, 2.45) is 0 Å². The van der Waals surface area contributed by atoms with Crippen LogP contribution in [0.4, 0.5) is 0 Å². The van der Waals surface area contributed by atoms with E-state index in [1.54, 1.807) is 0 Å². The van der Waals surface area contributed by atoms with E-state index in [1.165, 1.54) is 19.3 Å². The Morgan fingerprint density at radius 3 is 2.25 bits per heavy atom. The fourth-order valence-electron chi connectivity index (χ4n) is 0.892. The first-order valence-electron chi connectivity index (χ1n) is 4.77. The van der Waals surface area contributed by atoms with Gasteiger partial charge in [-0.1, -0.05) is 60.0 Å². The molecular weight excluding hydrogens is 212 g/mol. The van der Waals surface area contributed by atoms with Gasteiger partial charge in [0.15, 0.2) is 0 Å². The van der Waals surface area contributed by atoms with Crippen LogP contribution in [-0.4, -0.2) is 5.33 Å². The first-order valence-corrected chi connectivity index (χ1v) is 5.90. The number of hydrogen-bond acceptors (Lipinski definition) is 0. The summed E-state index contributed by atoms with van der Waals surface area (Å²) in [5, 5.41) is 1.07. The molecular formula is C11H19Br. The first kappa shape index (κ1) is 12.0. The van der Waals surface area contributed by atoms with Gasteiger partial charge >= 0.3 is 0 Å². The van der Waals surface area contributed by atoms with Crippen molar-refractivity contribution in [1.82, 2.24) is 0 Å². The summed E-state index contributed by atoms with van der Waals surface area (Å²) < 4.78 is 0. The second-order valence-corrected chi connectivity index (χ2v) is 3.59. The van der Waals surface area contributed by atoms with Crippen molar-refractivity contribution >= 4 is 15.9 Å². The van der Waals surface area contributed by atoms with Crippen LogP contribution >= 0.6 is 15.9 Å². The van der Waals surface area contributed by atoms with E-state index in [0.29, 0.717) is 0 Å². The third kappa shape index (κ3) is 9.96. The van der Waals surface area contributed by atoms with Gasteiger partial charge in [-0.25, -0.2) is 0 Å². The van der Waals surface area contributed by atoms with E-state index in [9.17, 15) is 0 Å². The molecule has 0 rings (SSSR count). The highest BCUT2D eigenvalue weighted by Crippen LogP contribution is 1.97. The van der Waals surface area contributed by atoms with Crippen LogP contribution in [0, 0.1) is 0 Å². The molecule has 0 amide bonds. The van der Waals surface area contributed by atoms with Crippen LogP contribution in [-0.2, 0) is 0 Å². The molecule has 0 nitrogen and oxygen atoms in total. The second kappa shape index (κ2) is 11.0. The van der Waals surface area contributed by atoms with E-state index >= 15 is 0 Å². The molecule has 0 aromatic carbocycles. The van der Waals surface area contributed by atoms with E-state index in [0.717, 1.165) is 18.2 Å². The second-order valence-electron chi connectivity index (χ2n) is 2.80. The lowest BCUT2D eigenvalue weighted by Crippen LogP contribution is -1.68. The van der Waals surface area contributed by atoms with Gasteiger partial charge in [-0.05, 0) is 19.3 Å². The van der Waals surface area contributed by atoms with Crippen molar-refractivity contribution in [1.29, 1.82) is 0 Å². The molecule has 0 radical (unpaired) electrons. The van der Waals surface area contributed by atoms with Gasteiger partial charge in [-0.2, -0.15) is 0 Å². The SMILES string of the molecule is CCCCC=CCC=CCCBr. The van der Waals surface area contributed by atoms with Gasteiger partial charge in [0.1, 0.15) is 0 Å². The molecule has 0 aliphatic rings. The van der Waals surface area contributed by atoms with E-state index in [1.807, 2.05) is 0 Å². The summed E-state index contributed by atoms with van der Waals surface area (Å²) in [6.07, 6.45) is 15.1. The lowest BCUT2D eigenvalue weighted by Gasteiger charge is -1.87. The Balaban J connectivity index is 3.12. The highest BCUT2D eigenvalue weighted by Gasteiger charge is 1.77. The number of rotatable bonds is 7. The molecule has 0 heterocycles. The van der Waals surface area contributed by atoms with Crippen molar-refractivity contribution in [3.05, 3.63) is 24.3 Å². The lowest BCUT2D eigenvalue weighted by molar-refractivity contribution is 0.813. The number of unbranched alkanes of at least 4 members (excludes halogenated alkanes) is 2. The molecule has 0 bridgehead atoms. The molecule has 0 saturated carbocycles. The monoisotopic (exact) mass is 230 g/mol. The van der Waals surface area contributed by atoms with Crippen LogP contribution in [0.3, 0.4) is 0 Å². The predicted octanol–water partition coefficient (Wildman–Crippen LogP) is 4.46. The Bertz CT molecular complexity index is 125. The molecule has 0 aromatic rings. The first-order chi connectivity index (χ1) is 5.91. The maximum absolute atomic E-state index is 3.38. The maximum atomic E-state index is 3.38. The van der Waals surface area contributed by atoms with Gasteiger partial charge in [0.25, 0.3) is 0 Å². The molecule has 0 aromatic heterocycles. The van der Waals surface area contributed by atoms with E-state index in [4.69, 9.17) is 0 Å². The van der Waals surface area contributed by atoms with Gasteiger partial charge in [0.05, 0.1) is 0 Å². The van der Waals surface area contributed by atoms with Crippen molar-refractivity contribution in [2.75, 3.05) is 5.33 Å². The third-order valence-corrected chi connectivity index (χ3v) is 2.06. The molecule has 0 aliphatic heterocycles. The topological polar surface area (TPSA) is 0 Å². The standard InChI is InChI=1S/C11H19Br/c1-2-3-4-5-6-7-8-9-10-11-12/h5-6,8-9H,2-4,7,10-11H2,1H3. The van der Waals surface area contributed by atoms with Gasteiger partial charge in [-0.3, -0.25) is 0 Å². The van der Waals surface area contributed by atoms with Crippen molar-refractivity contribution in [3.63, 3.8) is 0 Å². The summed E-state index contributed by atoms with van der Waals surface area (Å²) >= 11 is 3.38. The molecule has 12 heavy (non-hydrogen) atoms. The van der Waals surface area contributed by atoms with E-state index in [2.05, 4.69) is 47.2 Å². The average Bonchev–Trinajstić information content (AvgIpc) is 2.10. The van der Waals surface area contributed by atoms with Crippen LogP contribution in [0.1, 0.15) is 39.0 Å². The lowest BCUT2D eigenvalue weighted by atomic mass is 10.2. The van der Waals surface area contributed by atoms with E-state index < -0.39 is 0 Å². The van der Waals surface area contributed by atoms with Crippen LogP contribution in [0.25, 0.3) is 0 Å².